The van der Waals surface area contributed by atoms with Gasteiger partial charge in [-0.3, -0.25) is 15.2 Å². The number of nitrogens with one attached hydrogen (secondary N) is 1. The van der Waals surface area contributed by atoms with Gasteiger partial charge in [0.15, 0.2) is 24.0 Å². The highest BCUT2D eigenvalue weighted by Crippen LogP contribution is 2.38. The lowest BCUT2D eigenvalue weighted by atomic mass is 9.87. The summed E-state index contributed by atoms with van der Waals surface area (Å²) in [6.07, 6.45) is 0.322. The fourth-order valence-corrected chi connectivity index (χ4v) is 8.37. The predicted octanol–water partition coefficient (Wildman–Crippen LogP) is 2.31. The molecule has 49 heavy (non-hydrogen) atoms. The van der Waals surface area contributed by atoms with E-state index in [2.05, 4.69) is 10.3 Å². The van der Waals surface area contributed by atoms with E-state index >= 15 is 0 Å². The van der Waals surface area contributed by atoms with Crippen molar-refractivity contribution in [3.05, 3.63) is 54.1 Å². The number of carbonyl (C=O) groups is 1. The summed E-state index contributed by atoms with van der Waals surface area (Å²) in [6, 6.07) is 11.9. The topological polar surface area (TPSA) is 209 Å². The molecule has 266 valence electrons. The van der Waals surface area contributed by atoms with E-state index in [1.54, 1.807) is 6.19 Å². The largest absolute Gasteiger partial charge is 0.465 e. The summed E-state index contributed by atoms with van der Waals surface area (Å²) in [5.41, 5.74) is 5.82. The first-order chi connectivity index (χ1) is 23.4. The van der Waals surface area contributed by atoms with Gasteiger partial charge in [0.05, 0.1) is 36.3 Å². The molecule has 1 amide bonds. The third-order valence-corrected chi connectivity index (χ3v) is 10.9. The molecular weight excluding hydrogens is 656 g/mol. The smallest absolute Gasteiger partial charge is 0.407 e. The number of aliphatic imine (C=N–C) groups is 1. The molecule has 5 rings (SSSR count). The van der Waals surface area contributed by atoms with Crippen LogP contribution in [0.3, 0.4) is 0 Å². The van der Waals surface area contributed by atoms with Crippen LogP contribution in [0.5, 0.6) is 11.5 Å². The number of fused-ring (bicyclic) bond motifs is 2. The van der Waals surface area contributed by atoms with E-state index in [9.17, 15) is 23.4 Å². The van der Waals surface area contributed by atoms with Crippen molar-refractivity contribution in [2.45, 2.75) is 68.9 Å². The number of nitrogens with two attached hydrogens (primary N) is 1. The minimum Gasteiger partial charge on any atom is -0.465 e. The Balaban J connectivity index is 1.45. The second-order valence-electron chi connectivity index (χ2n) is 13.2. The lowest BCUT2D eigenvalue weighted by molar-refractivity contribution is -0.0906. The van der Waals surface area contributed by atoms with Crippen molar-refractivity contribution in [1.29, 1.82) is 5.26 Å². The Kier molecular flexibility index (Phi) is 11.5. The second-order valence-corrected chi connectivity index (χ2v) is 15.1. The molecule has 0 spiro atoms. The molecule has 5 atom stereocenters. The molecule has 5 N–H and O–H groups in total. The molecule has 2 aromatic rings. The Hall–Kier alpha value is -4.14. The molecule has 3 aliphatic heterocycles. The molecule has 0 saturated carbocycles. The minimum absolute atomic E-state index is 0.00726. The van der Waals surface area contributed by atoms with Gasteiger partial charge in [-0.2, -0.15) is 9.57 Å². The van der Waals surface area contributed by atoms with Crippen LogP contribution in [0.4, 0.5) is 4.79 Å². The first-order valence-electron chi connectivity index (χ1n) is 16.2. The minimum atomic E-state index is -4.25. The van der Waals surface area contributed by atoms with E-state index in [4.69, 9.17) is 29.9 Å². The molecule has 3 heterocycles. The van der Waals surface area contributed by atoms with Crippen LogP contribution >= 0.6 is 0 Å². The number of aliphatic hydroxyl groups excluding tert-OH is 1. The monoisotopic (exact) mass is 700 g/mol. The molecular formula is C33H44N6O9S. The maximum absolute atomic E-state index is 14.4. The SMILES string of the molecule is CC(C)(CCCN=C(N)NC#N)CN(C[C@@H](O)[C@H](Cc1ccccc1)N(C(=O)O)[C@H]1CO[C@H]2OCC[C@H]21)S(=O)(=O)c1ccc2c(c1)OCO2. The predicted molar refractivity (Wildman–Crippen MR) is 177 cm³/mol. The van der Waals surface area contributed by atoms with E-state index < -0.39 is 52.6 Å². The Morgan fingerprint density at radius 2 is 1.94 bits per heavy atom. The Labute approximate surface area is 286 Å². The maximum Gasteiger partial charge on any atom is 0.407 e. The first kappa shape index (κ1) is 36.1. The average molecular weight is 701 g/mol. The molecule has 15 nitrogen and oxygen atoms in total. The fraction of sp³-hybridized carbons (Fsp3) is 0.545. The molecule has 2 fully saturated rings. The normalized spacial score (nSPS) is 21.6. The van der Waals surface area contributed by atoms with Gasteiger partial charge in [-0.05, 0) is 48.8 Å². The molecule has 3 aliphatic rings. The number of amides is 1. The molecule has 0 radical (unpaired) electrons. The number of carboxylic acid groups (broad SMARTS) is 1. The van der Waals surface area contributed by atoms with Crippen LogP contribution in [0, 0.1) is 22.8 Å². The van der Waals surface area contributed by atoms with Gasteiger partial charge in [0.25, 0.3) is 0 Å². The zero-order valence-electron chi connectivity index (χ0n) is 27.6. The zero-order valence-corrected chi connectivity index (χ0v) is 28.4. The first-order valence-corrected chi connectivity index (χ1v) is 17.6. The number of aliphatic hydroxyl groups is 1. The summed E-state index contributed by atoms with van der Waals surface area (Å²) in [6.45, 7) is 4.23. The van der Waals surface area contributed by atoms with Crippen LogP contribution in [0.2, 0.25) is 0 Å². The number of ether oxygens (including phenoxy) is 4. The summed E-state index contributed by atoms with van der Waals surface area (Å²) in [5, 5.41) is 33.7. The molecule has 0 bridgehead atoms. The zero-order chi connectivity index (χ0) is 35.2. The van der Waals surface area contributed by atoms with E-state index in [1.165, 1.54) is 27.4 Å². The van der Waals surface area contributed by atoms with Crippen molar-refractivity contribution < 1.29 is 42.4 Å². The highest BCUT2D eigenvalue weighted by Gasteiger charge is 2.49. The highest BCUT2D eigenvalue weighted by molar-refractivity contribution is 7.89. The molecule has 2 aromatic carbocycles. The van der Waals surface area contributed by atoms with Crippen LogP contribution < -0.4 is 20.5 Å². The van der Waals surface area contributed by atoms with Gasteiger partial charge in [0.2, 0.25) is 22.8 Å². The molecule has 0 aliphatic carbocycles. The maximum atomic E-state index is 14.4. The number of hydrogen-bond acceptors (Lipinski definition) is 10. The van der Waals surface area contributed by atoms with Crippen molar-refractivity contribution >= 4 is 22.1 Å². The van der Waals surface area contributed by atoms with Crippen LogP contribution in [-0.2, 0) is 25.9 Å². The van der Waals surface area contributed by atoms with Gasteiger partial charge < -0.3 is 34.9 Å². The second kappa shape index (κ2) is 15.6. The van der Waals surface area contributed by atoms with Gasteiger partial charge in [-0.15, -0.1) is 0 Å². The van der Waals surface area contributed by atoms with Crippen LogP contribution in [0.1, 0.15) is 38.7 Å². The van der Waals surface area contributed by atoms with E-state index in [-0.39, 0.29) is 48.9 Å². The van der Waals surface area contributed by atoms with Gasteiger partial charge in [-0.1, -0.05) is 44.2 Å². The number of nitrogens with zero attached hydrogens (tertiary/aromatic N) is 4. The average Bonchev–Trinajstić information content (AvgIpc) is 3.81. The number of guanidine groups is 1. The summed E-state index contributed by atoms with van der Waals surface area (Å²) >= 11 is 0. The van der Waals surface area contributed by atoms with Crippen LogP contribution in [-0.4, -0.2) is 104 Å². The van der Waals surface area contributed by atoms with Gasteiger partial charge in [-0.25, -0.2) is 13.2 Å². The van der Waals surface area contributed by atoms with Crippen molar-refractivity contribution in [1.82, 2.24) is 14.5 Å². The summed E-state index contributed by atoms with van der Waals surface area (Å²) in [7, 11) is -4.25. The summed E-state index contributed by atoms with van der Waals surface area (Å²) in [5.74, 6) is 0.487. The molecule has 2 saturated heterocycles. The number of rotatable bonds is 15. The summed E-state index contributed by atoms with van der Waals surface area (Å²) < 4.78 is 52.3. The lowest BCUT2D eigenvalue weighted by Crippen LogP contribution is -2.58. The van der Waals surface area contributed by atoms with E-state index in [1.807, 2.05) is 44.2 Å². The quantitative estimate of drug-likeness (QED) is 0.0694. The number of hydrogen-bond donors (Lipinski definition) is 4. The Bertz CT molecular complexity index is 1630. The standard InChI is InChI=1S/C33H44N6O9S/c1-33(2,12-6-13-36-31(35)37-20-34)19-38(49(43,44)23-9-10-28-29(16-23)48-21-47-28)17-27(40)25(15-22-7-4-3-5-8-22)39(32(41)42)26-18-46-30-24(26)11-14-45-30/h3-5,7-10,16,24-27,30,40H,6,11-15,17-19,21H2,1-2H3,(H,41,42)(H3,35,36,37)/t24-,25-,26-,27+,30+/m0/s1. The Morgan fingerprint density at radius 1 is 1.18 bits per heavy atom. The molecule has 0 aromatic heterocycles. The lowest BCUT2D eigenvalue weighted by Gasteiger charge is -2.40. The number of nitriles is 1. The molecule has 16 heteroatoms. The highest BCUT2D eigenvalue weighted by atomic mass is 32.2. The van der Waals surface area contributed by atoms with Gasteiger partial charge >= 0.3 is 6.09 Å². The third-order valence-electron chi connectivity index (χ3n) is 9.13. The summed E-state index contributed by atoms with van der Waals surface area (Å²) in [4.78, 5) is 18.3. The van der Waals surface area contributed by atoms with Crippen molar-refractivity contribution in [2.75, 3.05) is 39.6 Å². The number of sulfonamides is 1. The Morgan fingerprint density at radius 3 is 2.67 bits per heavy atom. The fourth-order valence-electron chi connectivity index (χ4n) is 6.71. The van der Waals surface area contributed by atoms with E-state index in [0.29, 0.717) is 38.2 Å². The van der Waals surface area contributed by atoms with Crippen LogP contribution in [0.15, 0.2) is 58.4 Å². The van der Waals surface area contributed by atoms with Crippen molar-refractivity contribution in [3.63, 3.8) is 0 Å². The third kappa shape index (κ3) is 8.72. The van der Waals surface area contributed by atoms with Gasteiger partial charge in [0.1, 0.15) is 0 Å². The molecule has 0 unspecified atom stereocenters. The number of benzene rings is 2. The van der Waals surface area contributed by atoms with Gasteiger partial charge in [0, 0.05) is 31.6 Å². The van der Waals surface area contributed by atoms with Crippen LogP contribution in [0.25, 0.3) is 0 Å². The van der Waals surface area contributed by atoms with E-state index in [0.717, 1.165) is 5.56 Å². The van der Waals surface area contributed by atoms with Crippen molar-refractivity contribution in [3.8, 4) is 17.7 Å². The van der Waals surface area contributed by atoms with Crippen molar-refractivity contribution in [2.24, 2.45) is 22.1 Å².